The van der Waals surface area contributed by atoms with Gasteiger partial charge < -0.3 is 19.5 Å². The Morgan fingerprint density at radius 3 is 2.58 bits per heavy atom. The summed E-state index contributed by atoms with van der Waals surface area (Å²) in [6.45, 7) is 1.73. The van der Waals surface area contributed by atoms with Gasteiger partial charge in [-0.3, -0.25) is 14.4 Å². The van der Waals surface area contributed by atoms with E-state index >= 15 is 4.39 Å². The normalized spacial score (nSPS) is 14.5. The van der Waals surface area contributed by atoms with Gasteiger partial charge in [-0.1, -0.05) is 41.9 Å². The number of hydrogen-bond acceptors (Lipinski definition) is 6. The molecule has 0 bridgehead atoms. The van der Waals surface area contributed by atoms with Gasteiger partial charge in [0.15, 0.2) is 11.6 Å². The molecular weight excluding hydrogens is 665 g/mol. The molecule has 0 spiro atoms. The topological polar surface area (TPSA) is 106 Å². The monoisotopic (exact) mass is 689 g/mol. The summed E-state index contributed by atoms with van der Waals surface area (Å²) >= 11 is 9.57. The minimum Gasteiger partial charge on any atom is -0.424 e. The van der Waals surface area contributed by atoms with E-state index in [-0.39, 0.29) is 35.5 Å². The van der Waals surface area contributed by atoms with Gasteiger partial charge in [0.25, 0.3) is 0 Å². The Hall–Kier alpha value is -4.61. The van der Waals surface area contributed by atoms with E-state index in [1.165, 1.54) is 17.9 Å². The number of anilines is 1. The number of nitrogens with one attached hydrogen (secondary N) is 1. The number of rotatable bonds is 8. The van der Waals surface area contributed by atoms with Crippen molar-refractivity contribution in [1.82, 2.24) is 19.4 Å². The molecule has 1 aliphatic heterocycles. The molecule has 228 valence electrons. The summed E-state index contributed by atoms with van der Waals surface area (Å²) in [7, 11) is 0. The molecule has 12 heteroatoms. The van der Waals surface area contributed by atoms with Crippen LogP contribution in [0.5, 0.6) is 11.8 Å². The first-order valence-electron chi connectivity index (χ1n) is 14.1. The van der Waals surface area contributed by atoms with Crippen molar-refractivity contribution in [2.45, 2.75) is 32.4 Å². The number of benzene rings is 3. The van der Waals surface area contributed by atoms with Crippen molar-refractivity contribution < 1.29 is 23.5 Å². The summed E-state index contributed by atoms with van der Waals surface area (Å²) in [6, 6.07) is 16.1. The van der Waals surface area contributed by atoms with Crippen molar-refractivity contribution in [3.8, 4) is 22.9 Å². The number of aromatic nitrogens is 3. The zero-order chi connectivity index (χ0) is 31.7. The number of amides is 2. The molecule has 2 aromatic heterocycles. The van der Waals surface area contributed by atoms with E-state index in [0.29, 0.717) is 56.7 Å². The Morgan fingerprint density at radius 1 is 1.07 bits per heavy atom. The number of hydrogen-bond donors (Lipinski definition) is 1. The van der Waals surface area contributed by atoms with Gasteiger partial charge in [-0.05, 0) is 66.0 Å². The van der Waals surface area contributed by atoms with E-state index in [1.807, 2.05) is 0 Å². The Morgan fingerprint density at radius 2 is 1.82 bits per heavy atom. The van der Waals surface area contributed by atoms with Crippen LogP contribution in [-0.2, 0) is 16.1 Å². The number of Topliss-reactive ketones (excluding diaryl/α,β-unsaturated/α-hetero) is 1. The highest BCUT2D eigenvalue weighted by Gasteiger charge is 2.35. The summed E-state index contributed by atoms with van der Waals surface area (Å²) in [5.41, 5.74) is 1.85. The summed E-state index contributed by atoms with van der Waals surface area (Å²) in [6.07, 6.45) is 5.81. The van der Waals surface area contributed by atoms with Crippen LogP contribution in [-0.4, -0.2) is 49.6 Å². The van der Waals surface area contributed by atoms with E-state index in [9.17, 15) is 14.4 Å². The summed E-state index contributed by atoms with van der Waals surface area (Å²) < 4.78 is 23.7. The minimum absolute atomic E-state index is 0.00535. The van der Waals surface area contributed by atoms with E-state index in [0.717, 1.165) is 0 Å². The molecule has 0 aliphatic carbocycles. The quantitative estimate of drug-likeness (QED) is 0.172. The van der Waals surface area contributed by atoms with Crippen molar-refractivity contribution in [2.75, 3.05) is 11.9 Å². The molecule has 2 amide bonds. The van der Waals surface area contributed by atoms with Crippen LogP contribution < -0.4 is 10.1 Å². The van der Waals surface area contributed by atoms with Crippen molar-refractivity contribution in [3.63, 3.8) is 0 Å². The molecule has 1 saturated heterocycles. The first kappa shape index (κ1) is 30.4. The van der Waals surface area contributed by atoms with Crippen LogP contribution in [0.3, 0.4) is 0 Å². The molecule has 6 rings (SSSR count). The molecule has 1 aliphatic rings. The first-order valence-corrected chi connectivity index (χ1v) is 15.3. The highest BCUT2D eigenvalue weighted by atomic mass is 79.9. The van der Waals surface area contributed by atoms with Crippen LogP contribution in [0, 0.1) is 5.82 Å². The molecule has 1 atom stereocenters. The smallest absolute Gasteiger partial charge is 0.321 e. The second-order valence-corrected chi connectivity index (χ2v) is 11.9. The third-order valence-corrected chi connectivity index (χ3v) is 8.38. The summed E-state index contributed by atoms with van der Waals surface area (Å²) in [4.78, 5) is 49.2. The largest absolute Gasteiger partial charge is 0.424 e. The van der Waals surface area contributed by atoms with Gasteiger partial charge in [-0.15, -0.1) is 0 Å². The fraction of sp³-hybridized carbons (Fsp3) is 0.182. The molecule has 3 aromatic carbocycles. The average molecular weight is 691 g/mol. The number of ketones is 1. The standard InChI is InChI=1S/C33H26BrClFN5O4/c1-19(42)25-17-40(28-12-11-21(14-24(25)28)45-33-37-15-20(34)16-38-33)18-30(43)41-13-5-10-29(41)32(44)39-27-9-4-7-23(31(27)36)22-6-2-3-8-26(22)35/h2-4,6-9,11-12,14-17,29H,5,10,13,18H2,1H3,(H,39,44). The van der Waals surface area contributed by atoms with Gasteiger partial charge in [0.1, 0.15) is 18.3 Å². The van der Waals surface area contributed by atoms with Crippen LogP contribution >= 0.6 is 27.5 Å². The van der Waals surface area contributed by atoms with Crippen molar-refractivity contribution in [2.24, 2.45) is 0 Å². The molecule has 0 radical (unpaired) electrons. The lowest BCUT2D eigenvalue weighted by Gasteiger charge is -2.24. The van der Waals surface area contributed by atoms with Crippen LogP contribution in [0.25, 0.3) is 22.0 Å². The lowest BCUT2D eigenvalue weighted by Crippen LogP contribution is -2.44. The number of fused-ring (bicyclic) bond motifs is 1. The Balaban J connectivity index is 1.20. The molecule has 45 heavy (non-hydrogen) atoms. The number of carbonyl (C=O) groups excluding carboxylic acids is 3. The maximum absolute atomic E-state index is 15.5. The lowest BCUT2D eigenvalue weighted by atomic mass is 10.0. The van der Waals surface area contributed by atoms with Gasteiger partial charge in [0.2, 0.25) is 11.8 Å². The highest BCUT2D eigenvalue weighted by molar-refractivity contribution is 9.10. The van der Waals surface area contributed by atoms with E-state index < -0.39 is 17.8 Å². The Labute approximate surface area is 271 Å². The predicted octanol–water partition coefficient (Wildman–Crippen LogP) is 7.28. The van der Waals surface area contributed by atoms with Gasteiger partial charge >= 0.3 is 6.01 Å². The maximum Gasteiger partial charge on any atom is 0.321 e. The third-order valence-electron chi connectivity index (χ3n) is 7.64. The van der Waals surface area contributed by atoms with Crippen molar-refractivity contribution >= 4 is 61.7 Å². The van der Waals surface area contributed by atoms with Crippen LogP contribution in [0.4, 0.5) is 10.1 Å². The maximum atomic E-state index is 15.5. The van der Waals surface area contributed by atoms with Crippen molar-refractivity contribution in [3.05, 3.63) is 100 Å². The predicted molar refractivity (Wildman–Crippen MR) is 172 cm³/mol. The summed E-state index contributed by atoms with van der Waals surface area (Å²) in [5, 5.41) is 3.67. The van der Waals surface area contributed by atoms with Crippen LogP contribution in [0.2, 0.25) is 5.02 Å². The number of nitrogens with zero attached hydrogens (tertiary/aromatic N) is 4. The summed E-state index contributed by atoms with van der Waals surface area (Å²) in [5.74, 6) is -1.13. The van der Waals surface area contributed by atoms with E-state index in [4.69, 9.17) is 16.3 Å². The minimum atomic E-state index is -0.777. The van der Waals surface area contributed by atoms with Crippen molar-refractivity contribution in [1.29, 1.82) is 0 Å². The van der Waals surface area contributed by atoms with Gasteiger partial charge in [-0.2, -0.15) is 0 Å². The fourth-order valence-electron chi connectivity index (χ4n) is 5.52. The lowest BCUT2D eigenvalue weighted by molar-refractivity contribution is -0.137. The number of ether oxygens (including phenoxy) is 1. The van der Waals surface area contributed by atoms with Gasteiger partial charge in [0, 0.05) is 57.8 Å². The third kappa shape index (κ3) is 6.31. The molecular formula is C33H26BrClFN5O4. The first-order chi connectivity index (χ1) is 21.7. The molecule has 1 unspecified atom stereocenters. The van der Waals surface area contributed by atoms with E-state index in [2.05, 4.69) is 31.2 Å². The van der Waals surface area contributed by atoms with Gasteiger partial charge in [-0.25, -0.2) is 14.4 Å². The second kappa shape index (κ2) is 12.8. The molecule has 1 N–H and O–H groups in total. The second-order valence-electron chi connectivity index (χ2n) is 10.6. The number of likely N-dealkylation sites (tertiary alicyclic amines) is 1. The zero-order valence-electron chi connectivity index (χ0n) is 24.0. The molecule has 9 nitrogen and oxygen atoms in total. The molecule has 5 aromatic rings. The fourth-order valence-corrected chi connectivity index (χ4v) is 5.96. The highest BCUT2D eigenvalue weighted by Crippen LogP contribution is 2.33. The van der Waals surface area contributed by atoms with Crippen LogP contribution in [0.1, 0.15) is 30.1 Å². The Kier molecular flexibility index (Phi) is 8.64. The van der Waals surface area contributed by atoms with Crippen LogP contribution in [0.15, 0.2) is 83.7 Å². The zero-order valence-corrected chi connectivity index (χ0v) is 26.3. The molecule has 0 saturated carbocycles. The Bertz CT molecular complexity index is 1950. The average Bonchev–Trinajstić information content (AvgIpc) is 3.66. The number of carbonyl (C=O) groups is 3. The molecule has 1 fully saturated rings. The van der Waals surface area contributed by atoms with E-state index in [1.54, 1.807) is 77.8 Å². The SMILES string of the molecule is CC(=O)c1cn(CC(=O)N2CCCC2C(=O)Nc2cccc(-c3ccccc3Cl)c2F)c2ccc(Oc3ncc(Br)cn3)cc12. The molecule has 3 heterocycles. The van der Waals surface area contributed by atoms with Gasteiger partial charge in [0.05, 0.1) is 10.2 Å². The number of halogens is 3.